The van der Waals surface area contributed by atoms with Gasteiger partial charge in [-0.3, -0.25) is 9.59 Å². The van der Waals surface area contributed by atoms with Crippen LogP contribution in [0, 0.1) is 5.92 Å². The van der Waals surface area contributed by atoms with E-state index >= 15 is 0 Å². The molecule has 2 rings (SSSR count). The number of anilines is 1. The highest BCUT2D eigenvalue weighted by molar-refractivity contribution is 6.03. The van der Waals surface area contributed by atoms with Crippen molar-refractivity contribution >= 4 is 29.9 Å². The smallest absolute Gasteiger partial charge is 0.250 e. The zero-order valence-electron chi connectivity index (χ0n) is 10.5. The zero-order valence-corrected chi connectivity index (χ0v) is 11.3. The molecule has 1 fully saturated rings. The molecule has 1 unspecified atom stereocenters. The molecule has 1 saturated heterocycles. The van der Waals surface area contributed by atoms with Crippen LogP contribution in [0.25, 0.3) is 0 Å². The van der Waals surface area contributed by atoms with Gasteiger partial charge >= 0.3 is 0 Å². The van der Waals surface area contributed by atoms with Crippen molar-refractivity contribution in [1.29, 1.82) is 0 Å². The number of piperidine rings is 1. The summed E-state index contributed by atoms with van der Waals surface area (Å²) in [4.78, 5) is 23.3. The van der Waals surface area contributed by atoms with Crippen molar-refractivity contribution in [2.75, 3.05) is 18.4 Å². The first-order valence-electron chi connectivity index (χ1n) is 6.09. The van der Waals surface area contributed by atoms with Gasteiger partial charge in [0.05, 0.1) is 17.2 Å². The highest BCUT2D eigenvalue weighted by Gasteiger charge is 2.21. The molecule has 4 N–H and O–H groups in total. The Morgan fingerprint density at radius 3 is 2.68 bits per heavy atom. The number of benzene rings is 1. The van der Waals surface area contributed by atoms with Crippen molar-refractivity contribution in [3.8, 4) is 0 Å². The largest absolute Gasteiger partial charge is 0.366 e. The summed E-state index contributed by atoms with van der Waals surface area (Å²) >= 11 is 0. The van der Waals surface area contributed by atoms with E-state index in [-0.39, 0.29) is 24.2 Å². The quantitative estimate of drug-likeness (QED) is 0.778. The van der Waals surface area contributed by atoms with Gasteiger partial charge in [-0.1, -0.05) is 12.1 Å². The number of nitrogens with two attached hydrogens (primary N) is 1. The molecule has 0 aromatic heterocycles. The maximum atomic E-state index is 12.0. The Labute approximate surface area is 118 Å². The molecule has 1 heterocycles. The zero-order chi connectivity index (χ0) is 13.0. The van der Waals surface area contributed by atoms with Crippen LogP contribution in [0.2, 0.25) is 0 Å². The molecule has 0 aliphatic carbocycles. The predicted molar refractivity (Wildman–Crippen MR) is 76.4 cm³/mol. The van der Waals surface area contributed by atoms with Crippen molar-refractivity contribution in [3.05, 3.63) is 29.8 Å². The van der Waals surface area contributed by atoms with E-state index in [1.54, 1.807) is 24.3 Å². The summed E-state index contributed by atoms with van der Waals surface area (Å²) in [5, 5.41) is 5.97. The number of para-hydroxylation sites is 1. The van der Waals surface area contributed by atoms with Gasteiger partial charge in [0.25, 0.3) is 5.91 Å². The molecule has 104 valence electrons. The third-order valence-corrected chi connectivity index (χ3v) is 3.12. The second kappa shape index (κ2) is 7.11. The molecule has 1 aromatic carbocycles. The van der Waals surface area contributed by atoms with Gasteiger partial charge in [-0.25, -0.2) is 0 Å². The first kappa shape index (κ1) is 15.5. The van der Waals surface area contributed by atoms with E-state index in [1.165, 1.54) is 0 Å². The minimum Gasteiger partial charge on any atom is -0.366 e. The van der Waals surface area contributed by atoms with Crippen LogP contribution < -0.4 is 16.4 Å². The topological polar surface area (TPSA) is 84.2 Å². The lowest BCUT2D eigenvalue weighted by molar-refractivity contribution is -0.120. The SMILES string of the molecule is Cl.NC(=O)c1ccccc1NC(=O)C1CCCNC1. The van der Waals surface area contributed by atoms with E-state index in [2.05, 4.69) is 10.6 Å². The van der Waals surface area contributed by atoms with Crippen molar-refractivity contribution in [2.45, 2.75) is 12.8 Å². The van der Waals surface area contributed by atoms with Crippen LogP contribution in [0.3, 0.4) is 0 Å². The molecule has 19 heavy (non-hydrogen) atoms. The number of halogens is 1. The fourth-order valence-electron chi connectivity index (χ4n) is 2.12. The third kappa shape index (κ3) is 3.94. The lowest BCUT2D eigenvalue weighted by Crippen LogP contribution is -2.37. The fourth-order valence-corrected chi connectivity index (χ4v) is 2.12. The highest BCUT2D eigenvalue weighted by Crippen LogP contribution is 2.17. The highest BCUT2D eigenvalue weighted by atomic mass is 35.5. The standard InChI is InChI=1S/C13H17N3O2.ClH/c14-12(17)10-5-1-2-6-11(10)16-13(18)9-4-3-7-15-8-9;/h1-2,5-6,9,15H,3-4,7-8H2,(H2,14,17)(H,16,18);1H. The number of nitrogens with one attached hydrogen (secondary N) is 2. The average Bonchev–Trinajstić information content (AvgIpc) is 2.40. The Bertz CT molecular complexity index is 459. The molecule has 5 nitrogen and oxygen atoms in total. The Morgan fingerprint density at radius 1 is 1.32 bits per heavy atom. The van der Waals surface area contributed by atoms with E-state index in [1.807, 2.05) is 0 Å². The van der Waals surface area contributed by atoms with Crippen LogP contribution >= 0.6 is 12.4 Å². The van der Waals surface area contributed by atoms with Crippen LogP contribution in [0.1, 0.15) is 23.2 Å². The van der Waals surface area contributed by atoms with Crippen LogP contribution in [0.15, 0.2) is 24.3 Å². The van der Waals surface area contributed by atoms with Gasteiger partial charge in [-0.15, -0.1) is 12.4 Å². The van der Waals surface area contributed by atoms with E-state index < -0.39 is 5.91 Å². The molecule has 1 aliphatic heterocycles. The normalized spacial score (nSPS) is 18.2. The summed E-state index contributed by atoms with van der Waals surface area (Å²) in [5.74, 6) is -0.636. The van der Waals surface area contributed by atoms with Gasteiger partial charge in [-0.2, -0.15) is 0 Å². The molecule has 6 heteroatoms. The summed E-state index contributed by atoms with van der Waals surface area (Å²) < 4.78 is 0. The summed E-state index contributed by atoms with van der Waals surface area (Å²) in [7, 11) is 0. The first-order chi connectivity index (χ1) is 8.68. The average molecular weight is 284 g/mol. The molecule has 0 spiro atoms. The second-order valence-corrected chi connectivity index (χ2v) is 4.44. The minimum atomic E-state index is -0.535. The summed E-state index contributed by atoms with van der Waals surface area (Å²) in [6.07, 6.45) is 1.87. The van der Waals surface area contributed by atoms with Gasteiger partial charge in [0.15, 0.2) is 0 Å². The van der Waals surface area contributed by atoms with Crippen LogP contribution in [-0.2, 0) is 4.79 Å². The van der Waals surface area contributed by atoms with Crippen LogP contribution in [-0.4, -0.2) is 24.9 Å². The molecule has 1 aliphatic rings. The van der Waals surface area contributed by atoms with Gasteiger partial charge in [-0.05, 0) is 31.5 Å². The van der Waals surface area contributed by atoms with Crippen LogP contribution in [0.5, 0.6) is 0 Å². The molecular formula is C13H18ClN3O2. The van der Waals surface area contributed by atoms with Crippen LogP contribution in [0.4, 0.5) is 5.69 Å². The molecule has 1 atom stereocenters. The van der Waals surface area contributed by atoms with E-state index in [4.69, 9.17) is 5.73 Å². The molecule has 2 amide bonds. The molecule has 1 aromatic rings. The fraction of sp³-hybridized carbons (Fsp3) is 0.385. The number of amides is 2. The van der Waals surface area contributed by atoms with E-state index in [0.717, 1.165) is 19.4 Å². The predicted octanol–water partition coefficient (Wildman–Crippen LogP) is 1.15. The maximum absolute atomic E-state index is 12.0. The van der Waals surface area contributed by atoms with Gasteiger partial charge < -0.3 is 16.4 Å². The van der Waals surface area contributed by atoms with Gasteiger partial charge in [0, 0.05) is 6.54 Å². The summed E-state index contributed by atoms with van der Waals surface area (Å²) in [6.45, 7) is 1.65. The van der Waals surface area contributed by atoms with Crippen molar-refractivity contribution in [3.63, 3.8) is 0 Å². The number of primary amides is 1. The number of rotatable bonds is 3. The minimum absolute atomic E-state index is 0. The maximum Gasteiger partial charge on any atom is 0.250 e. The molecule has 0 radical (unpaired) electrons. The van der Waals surface area contributed by atoms with E-state index in [0.29, 0.717) is 17.8 Å². The lowest BCUT2D eigenvalue weighted by atomic mass is 9.98. The Morgan fingerprint density at radius 2 is 2.05 bits per heavy atom. The molecule has 0 saturated carbocycles. The monoisotopic (exact) mass is 283 g/mol. The third-order valence-electron chi connectivity index (χ3n) is 3.12. The van der Waals surface area contributed by atoms with Gasteiger partial charge in [0.1, 0.15) is 0 Å². The number of hydrogen-bond donors (Lipinski definition) is 3. The van der Waals surface area contributed by atoms with Gasteiger partial charge in [0.2, 0.25) is 5.91 Å². The van der Waals surface area contributed by atoms with E-state index in [9.17, 15) is 9.59 Å². The number of hydrogen-bond acceptors (Lipinski definition) is 3. The Kier molecular flexibility index (Phi) is 5.79. The lowest BCUT2D eigenvalue weighted by Gasteiger charge is -2.22. The van der Waals surface area contributed by atoms with Crippen molar-refractivity contribution in [1.82, 2.24) is 5.32 Å². The summed E-state index contributed by atoms with van der Waals surface area (Å²) in [6, 6.07) is 6.78. The Hall–Kier alpha value is -1.59. The molecule has 0 bridgehead atoms. The molecular weight excluding hydrogens is 266 g/mol. The number of carbonyl (C=O) groups is 2. The Balaban J connectivity index is 0.00000180. The second-order valence-electron chi connectivity index (χ2n) is 4.44. The first-order valence-corrected chi connectivity index (χ1v) is 6.09. The number of carbonyl (C=O) groups excluding carboxylic acids is 2. The van der Waals surface area contributed by atoms with Crippen molar-refractivity contribution < 1.29 is 9.59 Å². The summed E-state index contributed by atoms with van der Waals surface area (Å²) in [5.41, 5.74) is 6.10. The van der Waals surface area contributed by atoms with Crippen molar-refractivity contribution in [2.24, 2.45) is 11.7 Å².